The molecule has 1 N–H and O–H groups in total. The average Bonchev–Trinajstić information content (AvgIpc) is 3.36. The van der Waals surface area contributed by atoms with E-state index in [2.05, 4.69) is 36.3 Å². The zero-order valence-corrected chi connectivity index (χ0v) is 17.8. The van der Waals surface area contributed by atoms with Gasteiger partial charge in [0.1, 0.15) is 12.6 Å². The Morgan fingerprint density at radius 1 is 1.27 bits per heavy atom. The van der Waals surface area contributed by atoms with E-state index in [4.69, 9.17) is 9.57 Å². The van der Waals surface area contributed by atoms with Gasteiger partial charge in [0.2, 0.25) is 5.82 Å². The first kappa shape index (κ1) is 18.8. The number of hydrogen-bond donors (Lipinski definition) is 1. The fraction of sp³-hybridized carbons (Fsp3) is 0.200. The normalized spacial score (nSPS) is 16.0. The molecule has 152 valence electrons. The third-order valence-corrected chi connectivity index (χ3v) is 5.60. The summed E-state index contributed by atoms with van der Waals surface area (Å²) in [5, 5.41) is 14.5. The van der Waals surface area contributed by atoms with Gasteiger partial charge in [0.05, 0.1) is 19.9 Å². The molecule has 0 bridgehead atoms. The summed E-state index contributed by atoms with van der Waals surface area (Å²) in [6.07, 6.45) is -0.565. The quantitative estimate of drug-likeness (QED) is 0.481. The molecular formula is C20H17BrN6O3. The van der Waals surface area contributed by atoms with Crippen LogP contribution in [0.2, 0.25) is 0 Å². The van der Waals surface area contributed by atoms with Gasteiger partial charge in [0.25, 0.3) is 0 Å². The molecule has 1 aliphatic rings. The van der Waals surface area contributed by atoms with Crippen LogP contribution in [0, 0.1) is 0 Å². The van der Waals surface area contributed by atoms with Crippen LogP contribution in [0.5, 0.6) is 0 Å². The Balaban J connectivity index is 1.62. The van der Waals surface area contributed by atoms with Crippen LogP contribution in [-0.2, 0) is 23.2 Å². The Labute approximate surface area is 179 Å². The largest absolute Gasteiger partial charge is 0.451 e. The van der Waals surface area contributed by atoms with Gasteiger partial charge in [0, 0.05) is 26.5 Å². The fourth-order valence-corrected chi connectivity index (χ4v) is 4.08. The summed E-state index contributed by atoms with van der Waals surface area (Å²) in [5.74, 6) is 0.532. The number of carbonyl (C=O) groups excluding carboxylic acids is 1. The van der Waals surface area contributed by atoms with Gasteiger partial charge in [-0.05, 0) is 29.0 Å². The molecule has 5 rings (SSSR count). The van der Waals surface area contributed by atoms with Crippen LogP contribution in [-0.4, -0.2) is 43.5 Å². The lowest BCUT2D eigenvalue weighted by atomic mass is 9.97. The highest BCUT2D eigenvalue weighted by Gasteiger charge is 2.36. The molecule has 1 amide bonds. The minimum absolute atomic E-state index is 0.263. The number of H-pyrrole nitrogens is 1. The molecule has 0 radical (unpaired) electrons. The Morgan fingerprint density at radius 3 is 2.77 bits per heavy atom. The van der Waals surface area contributed by atoms with Crippen molar-refractivity contribution in [2.24, 2.45) is 7.05 Å². The minimum Gasteiger partial charge on any atom is -0.451 e. The Morgan fingerprint density at radius 2 is 2.07 bits per heavy atom. The molecule has 1 aliphatic heterocycles. The lowest BCUT2D eigenvalue weighted by Crippen LogP contribution is -2.38. The SMILES string of the molecule is COC(=O)N1OCc2c([nH]c3ccc(Br)cc23)C1c1ccc(-c2nnn(C)n2)cc1. The minimum atomic E-state index is -0.565. The number of nitrogens with one attached hydrogen (secondary N) is 1. The highest BCUT2D eigenvalue weighted by molar-refractivity contribution is 9.10. The maximum absolute atomic E-state index is 12.4. The smallest absolute Gasteiger partial charge is 0.434 e. The third kappa shape index (κ3) is 3.04. The number of tetrazole rings is 1. The summed E-state index contributed by atoms with van der Waals surface area (Å²) in [5.41, 5.74) is 4.57. The van der Waals surface area contributed by atoms with Gasteiger partial charge >= 0.3 is 6.09 Å². The number of rotatable bonds is 2. The van der Waals surface area contributed by atoms with E-state index in [1.165, 1.54) is 17.0 Å². The van der Waals surface area contributed by atoms with Crippen LogP contribution in [0.4, 0.5) is 4.79 Å². The first-order chi connectivity index (χ1) is 14.5. The lowest BCUT2D eigenvalue weighted by Gasteiger charge is -2.33. The van der Waals surface area contributed by atoms with Crippen molar-refractivity contribution < 1.29 is 14.4 Å². The molecule has 0 aliphatic carbocycles. The van der Waals surface area contributed by atoms with Crippen molar-refractivity contribution in [3.8, 4) is 11.4 Å². The van der Waals surface area contributed by atoms with Gasteiger partial charge in [-0.3, -0.25) is 4.84 Å². The number of fused-ring (bicyclic) bond motifs is 3. The number of hydroxylamine groups is 2. The van der Waals surface area contributed by atoms with Gasteiger partial charge < -0.3 is 9.72 Å². The summed E-state index contributed by atoms with van der Waals surface area (Å²) < 4.78 is 5.93. The molecular weight excluding hydrogens is 452 g/mol. The molecule has 9 nitrogen and oxygen atoms in total. The van der Waals surface area contributed by atoms with Gasteiger partial charge in [-0.15, -0.1) is 10.2 Å². The maximum atomic E-state index is 12.4. The van der Waals surface area contributed by atoms with E-state index >= 15 is 0 Å². The number of methoxy groups -OCH3 is 1. The van der Waals surface area contributed by atoms with E-state index in [-0.39, 0.29) is 6.61 Å². The monoisotopic (exact) mass is 468 g/mol. The van der Waals surface area contributed by atoms with Crippen molar-refractivity contribution in [3.63, 3.8) is 0 Å². The average molecular weight is 469 g/mol. The van der Waals surface area contributed by atoms with Crippen LogP contribution in [0.15, 0.2) is 46.9 Å². The topological polar surface area (TPSA) is 98.2 Å². The van der Waals surface area contributed by atoms with E-state index in [0.717, 1.165) is 37.8 Å². The molecule has 2 aromatic heterocycles. The molecule has 10 heteroatoms. The Kier molecular flexibility index (Phi) is 4.52. The van der Waals surface area contributed by atoms with Crippen LogP contribution < -0.4 is 0 Å². The number of aryl methyl sites for hydroxylation is 1. The van der Waals surface area contributed by atoms with Crippen molar-refractivity contribution in [1.82, 2.24) is 30.3 Å². The molecule has 1 unspecified atom stereocenters. The van der Waals surface area contributed by atoms with Gasteiger partial charge in [-0.1, -0.05) is 40.2 Å². The van der Waals surface area contributed by atoms with Crippen LogP contribution in [0.3, 0.4) is 0 Å². The molecule has 1 atom stereocenters. The molecule has 4 aromatic rings. The number of amides is 1. The number of benzene rings is 2. The van der Waals surface area contributed by atoms with Crippen LogP contribution >= 0.6 is 15.9 Å². The summed E-state index contributed by atoms with van der Waals surface area (Å²) in [6.45, 7) is 0.263. The van der Waals surface area contributed by atoms with Crippen molar-refractivity contribution >= 4 is 32.9 Å². The van der Waals surface area contributed by atoms with E-state index < -0.39 is 12.1 Å². The van der Waals surface area contributed by atoms with Crippen LogP contribution in [0.1, 0.15) is 22.9 Å². The van der Waals surface area contributed by atoms with E-state index in [1.54, 1.807) is 7.05 Å². The highest BCUT2D eigenvalue weighted by Crippen LogP contribution is 2.40. The Hall–Kier alpha value is -3.24. The molecule has 0 saturated heterocycles. The van der Waals surface area contributed by atoms with Gasteiger partial charge in [-0.2, -0.15) is 9.86 Å². The molecule has 2 aromatic carbocycles. The van der Waals surface area contributed by atoms with E-state index in [1.807, 2.05) is 42.5 Å². The Bertz CT molecular complexity index is 1250. The number of ether oxygens (including phenoxy) is 1. The fourth-order valence-electron chi connectivity index (χ4n) is 3.72. The van der Waals surface area contributed by atoms with Crippen molar-refractivity contribution in [2.45, 2.75) is 12.6 Å². The summed E-state index contributed by atoms with van der Waals surface area (Å²) in [4.78, 5) is 23.2. The van der Waals surface area contributed by atoms with E-state index in [9.17, 15) is 4.79 Å². The predicted molar refractivity (Wildman–Crippen MR) is 111 cm³/mol. The van der Waals surface area contributed by atoms with E-state index in [0.29, 0.717) is 5.82 Å². The molecule has 0 spiro atoms. The third-order valence-electron chi connectivity index (χ3n) is 5.10. The van der Waals surface area contributed by atoms with Gasteiger partial charge in [0.15, 0.2) is 0 Å². The predicted octanol–water partition coefficient (Wildman–Crippen LogP) is 3.72. The number of carbonyl (C=O) groups is 1. The maximum Gasteiger partial charge on any atom is 0.434 e. The highest BCUT2D eigenvalue weighted by atomic mass is 79.9. The number of hydrogen-bond acceptors (Lipinski definition) is 6. The summed E-state index contributed by atoms with van der Waals surface area (Å²) in [7, 11) is 3.05. The number of nitrogens with zero attached hydrogens (tertiary/aromatic N) is 5. The second-order valence-corrected chi connectivity index (χ2v) is 7.82. The standard InChI is InChI=1S/C20H17BrN6O3/c1-26-24-19(23-25-26)12-5-3-11(4-6-12)18-17-15(10-30-27(18)20(28)29-2)14-9-13(21)7-8-16(14)22-17/h3-9,18,22H,10H2,1-2H3. The molecule has 30 heavy (non-hydrogen) atoms. The summed E-state index contributed by atoms with van der Waals surface area (Å²) >= 11 is 3.53. The number of aromatic amines is 1. The second-order valence-electron chi connectivity index (χ2n) is 6.90. The van der Waals surface area contributed by atoms with Crippen LogP contribution in [0.25, 0.3) is 22.3 Å². The summed E-state index contributed by atoms with van der Waals surface area (Å²) in [6, 6.07) is 13.2. The second kappa shape index (κ2) is 7.22. The zero-order valence-electron chi connectivity index (χ0n) is 16.2. The van der Waals surface area contributed by atoms with Gasteiger partial charge in [-0.25, -0.2) is 4.79 Å². The number of halogens is 1. The molecule has 0 fully saturated rings. The first-order valence-electron chi connectivity index (χ1n) is 9.19. The zero-order chi connectivity index (χ0) is 20.8. The number of aromatic nitrogens is 5. The van der Waals surface area contributed by atoms with Crippen molar-refractivity contribution in [2.75, 3.05) is 7.11 Å². The lowest BCUT2D eigenvalue weighted by molar-refractivity contribution is -0.173. The van der Waals surface area contributed by atoms with Crippen molar-refractivity contribution in [1.29, 1.82) is 0 Å². The molecule has 3 heterocycles. The molecule has 0 saturated carbocycles. The van der Waals surface area contributed by atoms with Crippen molar-refractivity contribution in [3.05, 3.63) is 63.8 Å². The first-order valence-corrected chi connectivity index (χ1v) is 9.99.